The van der Waals surface area contributed by atoms with Crippen LogP contribution in [0, 0.1) is 41.5 Å². The molecule has 31 nitrogen and oxygen atoms in total. The molecule has 0 spiro atoms. The van der Waals surface area contributed by atoms with Gasteiger partial charge in [-0.1, -0.05) is 24.3 Å². The summed E-state index contributed by atoms with van der Waals surface area (Å²) in [7, 11) is -42.0. The molecule has 12 N–H and O–H groups in total. The number of urea groups is 1. The van der Waals surface area contributed by atoms with E-state index in [0.29, 0.717) is 58.7 Å². The largest absolute Gasteiger partial charge is 0.323 e. The van der Waals surface area contributed by atoms with Crippen LogP contribution in [0.3, 0.4) is 0 Å². The van der Waals surface area contributed by atoms with Gasteiger partial charge in [-0.25, -0.2) is 21.6 Å². The molecule has 4 amide bonds. The Morgan fingerprint density at radius 3 is 0.870 bits per heavy atom. The lowest BCUT2D eigenvalue weighted by atomic mass is 10.0. The number of fused-ring (bicyclic) bond motifs is 2. The van der Waals surface area contributed by atoms with Crippen LogP contribution < -0.4 is 30.7 Å². The summed E-state index contributed by atoms with van der Waals surface area (Å²) in [5, 5.41) is 7.37. The van der Waals surface area contributed by atoms with Crippen molar-refractivity contribution in [2.75, 3.05) is 30.7 Å². The van der Waals surface area contributed by atoms with Crippen LogP contribution in [0.4, 0.5) is 38.9 Å². The summed E-state index contributed by atoms with van der Waals surface area (Å²) in [5.74, 6) is -1.72. The summed E-state index contributed by atoms with van der Waals surface area (Å²) in [6.45, 7) is 9.19. The van der Waals surface area contributed by atoms with Gasteiger partial charge in [-0.05, 0) is 171 Å². The molecule has 8 rings (SSSR count). The molecule has 0 aliphatic rings. The van der Waals surface area contributed by atoms with E-state index in [4.69, 9.17) is 0 Å². The van der Waals surface area contributed by atoms with E-state index in [2.05, 4.69) is 21.3 Å². The van der Waals surface area contributed by atoms with Gasteiger partial charge in [-0.3, -0.25) is 46.3 Å². The fourth-order valence-electron chi connectivity index (χ4n) is 9.34. The van der Waals surface area contributed by atoms with Crippen LogP contribution in [-0.4, -0.2) is 113 Å². The van der Waals surface area contributed by atoms with E-state index in [1.807, 2.05) is 9.44 Å². The van der Waals surface area contributed by atoms with Gasteiger partial charge < -0.3 is 21.3 Å². The van der Waals surface area contributed by atoms with Gasteiger partial charge in [0.05, 0.1) is 40.7 Å². The Bertz CT molecular complexity index is 5220. The maximum Gasteiger partial charge on any atom is 0.323 e. The first-order valence-electron chi connectivity index (χ1n) is 25.3. The Balaban J connectivity index is 1.02. The number of hydrogen-bond donors (Lipinski definition) is 12. The lowest BCUT2D eigenvalue weighted by Gasteiger charge is -2.18. The van der Waals surface area contributed by atoms with Gasteiger partial charge in [-0.2, -0.15) is 50.5 Å². The van der Waals surface area contributed by atoms with Crippen molar-refractivity contribution in [3.8, 4) is 0 Å². The molecule has 0 atom stereocenters. The number of amides is 4. The lowest BCUT2D eigenvalue weighted by molar-refractivity contribution is 0.101. The highest BCUT2D eigenvalue weighted by Crippen LogP contribution is 2.40. The minimum absolute atomic E-state index is 0.0647. The number of carbonyl (C=O) groups is 3. The van der Waals surface area contributed by atoms with Crippen LogP contribution in [0.2, 0.25) is 0 Å². The summed E-state index contributed by atoms with van der Waals surface area (Å²) in [6, 6.07) is 14.8. The number of hydrogen-bond acceptors (Lipinski definition) is 19. The monoisotopic (exact) mass is 1420 g/mol. The van der Waals surface area contributed by atoms with Crippen LogP contribution in [0.15, 0.2) is 148 Å². The second-order valence-corrected chi connectivity index (χ2v) is 32.3. The molecule has 488 valence electrons. The van der Waals surface area contributed by atoms with Crippen molar-refractivity contribution in [3.63, 3.8) is 0 Å². The number of rotatable bonds is 18. The third-order valence-electron chi connectivity index (χ3n) is 13.8. The molecule has 0 heterocycles. The normalized spacial score (nSPS) is 12.7. The number of benzene rings is 8. The zero-order chi connectivity index (χ0) is 68.7. The molecule has 8 aromatic carbocycles. The molecule has 0 aliphatic carbocycles. The first-order chi connectivity index (χ1) is 42.0. The van der Waals surface area contributed by atoms with E-state index in [9.17, 15) is 109 Å². The summed E-state index contributed by atoms with van der Waals surface area (Å²) in [5.41, 5.74) is -0.0738. The molecule has 92 heavy (non-hydrogen) atoms. The molecule has 39 heteroatoms. The van der Waals surface area contributed by atoms with Crippen molar-refractivity contribution in [1.29, 1.82) is 0 Å². The van der Waals surface area contributed by atoms with Gasteiger partial charge in [-0.15, -0.1) is 0 Å². The number of nitrogens with one attached hydrogen (secondary N) is 6. The van der Waals surface area contributed by atoms with Crippen molar-refractivity contribution in [3.05, 3.63) is 154 Å². The summed E-state index contributed by atoms with van der Waals surface area (Å²) >= 11 is 0. The molecule has 0 saturated heterocycles. The van der Waals surface area contributed by atoms with E-state index in [1.165, 1.54) is 50.2 Å². The van der Waals surface area contributed by atoms with Crippen LogP contribution >= 0.6 is 0 Å². The second kappa shape index (κ2) is 24.2. The minimum Gasteiger partial charge on any atom is -0.322 e. The Morgan fingerprint density at radius 1 is 0.293 bits per heavy atom. The van der Waals surface area contributed by atoms with E-state index in [1.54, 1.807) is 27.7 Å². The van der Waals surface area contributed by atoms with E-state index in [0.717, 1.165) is 24.3 Å². The first kappa shape index (κ1) is 69.3. The summed E-state index contributed by atoms with van der Waals surface area (Å²) < 4.78 is 267. The standard InChI is InChI=1S/C53H48N6O25S8/c1-25-7-9-33(85(63,64)58-45-19-35(87(67,68)69)13-31-15-37(89(73,74)75)21-47(49(31)45)91(79,80)81)17-41(25)54-51(60)39-23-43(29(5)11-27(39)3)56-53(62)57-44-24-40(28(4)12-30(44)6)52(61)55-42-18-34(10-8-26(42)2)86(65,66)59-46-20-36(88(70,71)72)14-32-16-38(90(76,77)78)22-48(50(32)46)92(82,83)84/h7-24,58-59H,1-6H3,(H,54,60)(H,55,61)(H2,56,57,62)(H,67,68,69)(H,70,71,72)(H,73,74,75)(H,76,77,78)(H,79,80,81)(H,82,83,84). The maximum absolute atomic E-state index is 14.0. The zero-order valence-electron chi connectivity index (χ0n) is 47.6. The lowest BCUT2D eigenvalue weighted by Crippen LogP contribution is -2.22. The number of anilines is 6. The SMILES string of the molecule is Cc1cc(C)c(C(=O)Nc2cc(S(=O)(=O)Nc3cc(S(=O)(=O)O)cc4cc(S(=O)(=O)O)cc(S(=O)(=O)O)c34)ccc2C)cc1NC(=O)Nc1cc(C(=O)Nc2cc(S(=O)(=O)Nc3cc(S(=O)(=O)O)cc4cc(S(=O)(=O)O)cc(S(=O)(=O)O)c34)ccc2C)c(C)cc1C. The van der Waals surface area contributed by atoms with Crippen molar-refractivity contribution < 1.29 is 109 Å². The van der Waals surface area contributed by atoms with Crippen LogP contribution in [0.25, 0.3) is 21.5 Å². The van der Waals surface area contributed by atoms with Gasteiger partial charge in [0.25, 0.3) is 92.6 Å². The molecule has 0 radical (unpaired) electrons. The fourth-order valence-corrected chi connectivity index (χ4v) is 15.4. The number of sulfonamides is 2. The number of aryl methyl sites for hydroxylation is 6. The summed E-state index contributed by atoms with van der Waals surface area (Å²) in [4.78, 5) is 33.4. The average Bonchev–Trinajstić information content (AvgIpc) is 0.751. The van der Waals surface area contributed by atoms with Crippen LogP contribution in [-0.2, 0) is 80.8 Å². The quantitative estimate of drug-likeness (QED) is 0.0382. The maximum atomic E-state index is 14.0. The highest BCUT2D eigenvalue weighted by Gasteiger charge is 2.31. The topological polar surface area (TPSA) is 518 Å². The van der Waals surface area contributed by atoms with Crippen molar-refractivity contribution in [1.82, 2.24) is 0 Å². The van der Waals surface area contributed by atoms with Crippen molar-refractivity contribution in [2.24, 2.45) is 0 Å². The van der Waals surface area contributed by atoms with Gasteiger partial charge in [0.15, 0.2) is 0 Å². The molecule has 0 unspecified atom stereocenters. The van der Waals surface area contributed by atoms with Crippen LogP contribution in [0.1, 0.15) is 54.1 Å². The minimum atomic E-state index is -5.49. The van der Waals surface area contributed by atoms with Gasteiger partial charge >= 0.3 is 6.03 Å². The molecule has 0 aliphatic heterocycles. The van der Waals surface area contributed by atoms with Crippen molar-refractivity contribution in [2.45, 2.75) is 80.7 Å². The molecule has 0 saturated carbocycles. The Hall–Kier alpha value is -8.55. The second-order valence-electron chi connectivity index (χ2n) is 20.4. The van der Waals surface area contributed by atoms with Gasteiger partial charge in [0.2, 0.25) is 0 Å². The fraction of sp³-hybridized carbons (Fsp3) is 0.113. The first-order valence-corrected chi connectivity index (χ1v) is 36.9. The summed E-state index contributed by atoms with van der Waals surface area (Å²) in [6.07, 6.45) is 0. The molecule has 0 fully saturated rings. The third kappa shape index (κ3) is 15.0. The van der Waals surface area contributed by atoms with E-state index in [-0.39, 0.29) is 57.1 Å². The van der Waals surface area contributed by atoms with Gasteiger partial charge in [0, 0.05) is 44.6 Å². The Labute approximate surface area is 524 Å². The molecular weight excluding hydrogens is 1380 g/mol. The Kier molecular flexibility index (Phi) is 18.2. The average molecular weight is 1430 g/mol. The highest BCUT2D eigenvalue weighted by molar-refractivity contribution is 7.93. The zero-order valence-corrected chi connectivity index (χ0v) is 54.1. The Morgan fingerprint density at radius 2 is 0.576 bits per heavy atom. The van der Waals surface area contributed by atoms with Crippen molar-refractivity contribution >= 4 is 154 Å². The third-order valence-corrected chi connectivity index (χ3v) is 21.6. The smallest absolute Gasteiger partial charge is 0.322 e. The van der Waals surface area contributed by atoms with E-state index >= 15 is 0 Å². The van der Waals surface area contributed by atoms with Gasteiger partial charge in [0.1, 0.15) is 9.79 Å². The molecule has 8 aromatic rings. The molecule has 0 aromatic heterocycles. The van der Waals surface area contributed by atoms with Crippen LogP contribution in [0.5, 0.6) is 0 Å². The number of carbonyl (C=O) groups excluding carboxylic acids is 3. The predicted molar refractivity (Wildman–Crippen MR) is 331 cm³/mol. The molecule has 0 bridgehead atoms. The molecular formula is C53H48N6O25S8. The predicted octanol–water partition coefficient (Wildman–Crippen LogP) is 7.07. The van der Waals surface area contributed by atoms with E-state index < -0.39 is 171 Å². The highest BCUT2D eigenvalue weighted by atomic mass is 32.2.